The van der Waals surface area contributed by atoms with Gasteiger partial charge in [-0.25, -0.2) is 9.67 Å². The summed E-state index contributed by atoms with van der Waals surface area (Å²) in [6.07, 6.45) is 0.171. The number of rotatable bonds is 5. The van der Waals surface area contributed by atoms with Crippen molar-refractivity contribution in [1.29, 1.82) is 0 Å². The summed E-state index contributed by atoms with van der Waals surface area (Å²) in [6.45, 7) is 5.62. The van der Waals surface area contributed by atoms with Crippen LogP contribution in [-0.4, -0.2) is 26.3 Å². The van der Waals surface area contributed by atoms with E-state index in [0.717, 1.165) is 29.3 Å². The van der Waals surface area contributed by atoms with Gasteiger partial charge >= 0.3 is 6.18 Å². The van der Waals surface area contributed by atoms with E-state index >= 15 is 0 Å². The molecule has 114 valence electrons. The highest BCUT2D eigenvalue weighted by Crippen LogP contribution is 2.28. The standard InChI is InChI=1S/C13H16F3N5/c1-9(2)3-17-5-11-6-19-12(7-18-11)21-8-10(4-20-21)13(14,15)16/h4,6-9,17H,3,5H2,1-2H3. The number of nitrogens with zero attached hydrogens (tertiary/aromatic N) is 4. The van der Waals surface area contributed by atoms with Crippen molar-refractivity contribution in [2.24, 2.45) is 5.92 Å². The zero-order valence-electron chi connectivity index (χ0n) is 11.7. The smallest absolute Gasteiger partial charge is 0.311 e. The molecular formula is C13H16F3N5. The molecule has 2 aromatic rings. The van der Waals surface area contributed by atoms with Crippen molar-refractivity contribution in [3.8, 4) is 5.82 Å². The molecule has 0 atom stereocenters. The maximum Gasteiger partial charge on any atom is 0.419 e. The topological polar surface area (TPSA) is 55.6 Å². The highest BCUT2D eigenvalue weighted by molar-refractivity contribution is 5.21. The summed E-state index contributed by atoms with van der Waals surface area (Å²) < 4.78 is 38.5. The van der Waals surface area contributed by atoms with E-state index in [2.05, 4.69) is 34.2 Å². The van der Waals surface area contributed by atoms with Gasteiger partial charge < -0.3 is 5.32 Å². The molecule has 0 aromatic carbocycles. The van der Waals surface area contributed by atoms with Gasteiger partial charge in [-0.15, -0.1) is 0 Å². The van der Waals surface area contributed by atoms with Crippen molar-refractivity contribution in [2.45, 2.75) is 26.6 Å². The van der Waals surface area contributed by atoms with Crippen molar-refractivity contribution < 1.29 is 13.2 Å². The average molecular weight is 299 g/mol. The van der Waals surface area contributed by atoms with Crippen LogP contribution in [-0.2, 0) is 12.7 Å². The predicted octanol–water partition coefficient (Wildman–Crippen LogP) is 2.43. The Morgan fingerprint density at radius 1 is 1.19 bits per heavy atom. The number of hydrogen-bond donors (Lipinski definition) is 1. The van der Waals surface area contributed by atoms with E-state index in [4.69, 9.17) is 0 Å². The molecule has 0 amide bonds. The van der Waals surface area contributed by atoms with E-state index in [1.54, 1.807) is 0 Å². The number of alkyl halides is 3. The molecule has 8 heteroatoms. The molecule has 1 N–H and O–H groups in total. The third-order valence-corrected chi connectivity index (χ3v) is 2.70. The molecule has 5 nitrogen and oxygen atoms in total. The molecule has 2 rings (SSSR count). The number of nitrogens with one attached hydrogen (secondary N) is 1. The van der Waals surface area contributed by atoms with E-state index < -0.39 is 11.7 Å². The fourth-order valence-electron chi connectivity index (χ4n) is 1.64. The molecule has 0 radical (unpaired) electrons. The average Bonchev–Trinajstić information content (AvgIpc) is 2.88. The minimum Gasteiger partial charge on any atom is -0.311 e. The van der Waals surface area contributed by atoms with Crippen LogP contribution >= 0.6 is 0 Å². The Labute approximate surface area is 120 Å². The Balaban J connectivity index is 2.03. The highest BCUT2D eigenvalue weighted by Gasteiger charge is 2.32. The Morgan fingerprint density at radius 3 is 2.48 bits per heavy atom. The normalized spacial score (nSPS) is 12.1. The SMILES string of the molecule is CC(C)CNCc1cnc(-n2cc(C(F)(F)F)cn2)cn1. The summed E-state index contributed by atoms with van der Waals surface area (Å²) in [7, 11) is 0. The minimum atomic E-state index is -4.41. The quantitative estimate of drug-likeness (QED) is 0.921. The predicted molar refractivity (Wildman–Crippen MR) is 70.7 cm³/mol. The maximum absolute atomic E-state index is 12.5. The summed E-state index contributed by atoms with van der Waals surface area (Å²) in [5.41, 5.74) is -0.0884. The van der Waals surface area contributed by atoms with Crippen LogP contribution in [0.25, 0.3) is 5.82 Å². The van der Waals surface area contributed by atoms with Crippen LogP contribution in [0.3, 0.4) is 0 Å². The highest BCUT2D eigenvalue weighted by atomic mass is 19.4. The Bertz CT molecular complexity index is 574. The lowest BCUT2D eigenvalue weighted by molar-refractivity contribution is -0.137. The molecule has 0 aliphatic heterocycles. The van der Waals surface area contributed by atoms with Gasteiger partial charge in [0, 0.05) is 12.7 Å². The van der Waals surface area contributed by atoms with Gasteiger partial charge in [0.05, 0.1) is 29.8 Å². The van der Waals surface area contributed by atoms with Crippen LogP contribution in [0.2, 0.25) is 0 Å². The van der Waals surface area contributed by atoms with Gasteiger partial charge in [-0.3, -0.25) is 4.98 Å². The Hall–Kier alpha value is -1.96. The van der Waals surface area contributed by atoms with Crippen LogP contribution in [0.5, 0.6) is 0 Å². The van der Waals surface area contributed by atoms with Gasteiger partial charge in [-0.05, 0) is 12.5 Å². The van der Waals surface area contributed by atoms with E-state index in [1.807, 2.05) is 0 Å². The zero-order valence-corrected chi connectivity index (χ0v) is 11.7. The second-order valence-corrected chi connectivity index (χ2v) is 5.06. The van der Waals surface area contributed by atoms with Gasteiger partial charge in [0.1, 0.15) is 0 Å². The molecule has 0 aliphatic rings. The van der Waals surface area contributed by atoms with Crippen LogP contribution in [0, 0.1) is 5.92 Å². The number of halogens is 3. The third-order valence-electron chi connectivity index (χ3n) is 2.70. The lowest BCUT2D eigenvalue weighted by atomic mass is 10.2. The largest absolute Gasteiger partial charge is 0.419 e. The van der Waals surface area contributed by atoms with E-state index in [9.17, 15) is 13.2 Å². The molecule has 0 fully saturated rings. The molecule has 0 aliphatic carbocycles. The van der Waals surface area contributed by atoms with Crippen LogP contribution in [0.4, 0.5) is 13.2 Å². The Morgan fingerprint density at radius 2 is 1.95 bits per heavy atom. The van der Waals surface area contributed by atoms with Crippen molar-refractivity contribution in [2.75, 3.05) is 6.54 Å². The van der Waals surface area contributed by atoms with Crippen molar-refractivity contribution >= 4 is 0 Å². The monoisotopic (exact) mass is 299 g/mol. The molecule has 0 spiro atoms. The van der Waals surface area contributed by atoms with Crippen LogP contribution in [0.15, 0.2) is 24.8 Å². The van der Waals surface area contributed by atoms with Gasteiger partial charge in [0.15, 0.2) is 5.82 Å². The van der Waals surface area contributed by atoms with Gasteiger partial charge in [-0.2, -0.15) is 18.3 Å². The third kappa shape index (κ3) is 4.25. The van der Waals surface area contributed by atoms with Crippen molar-refractivity contribution in [1.82, 2.24) is 25.1 Å². The van der Waals surface area contributed by atoms with Gasteiger partial charge in [-0.1, -0.05) is 13.8 Å². The van der Waals surface area contributed by atoms with Crippen LogP contribution in [0.1, 0.15) is 25.1 Å². The first kappa shape index (κ1) is 15.4. The summed E-state index contributed by atoms with van der Waals surface area (Å²) >= 11 is 0. The van der Waals surface area contributed by atoms with E-state index in [0.29, 0.717) is 12.5 Å². The fraction of sp³-hybridized carbons (Fsp3) is 0.462. The summed E-state index contributed by atoms with van der Waals surface area (Å²) in [6, 6.07) is 0. The zero-order chi connectivity index (χ0) is 15.5. The number of aromatic nitrogens is 4. The first-order chi connectivity index (χ1) is 9.86. The molecule has 0 saturated carbocycles. The first-order valence-corrected chi connectivity index (χ1v) is 6.50. The summed E-state index contributed by atoms with van der Waals surface area (Å²) in [5, 5.41) is 6.86. The second kappa shape index (κ2) is 6.21. The summed E-state index contributed by atoms with van der Waals surface area (Å²) in [5.74, 6) is 0.778. The van der Waals surface area contributed by atoms with Crippen LogP contribution < -0.4 is 5.32 Å². The van der Waals surface area contributed by atoms with Crippen molar-refractivity contribution in [3.63, 3.8) is 0 Å². The molecule has 0 saturated heterocycles. The van der Waals surface area contributed by atoms with Gasteiger partial charge in [0.2, 0.25) is 0 Å². The Kier molecular flexibility index (Phi) is 4.56. The molecule has 21 heavy (non-hydrogen) atoms. The van der Waals surface area contributed by atoms with E-state index in [1.165, 1.54) is 12.4 Å². The summed E-state index contributed by atoms with van der Waals surface area (Å²) in [4.78, 5) is 8.23. The lowest BCUT2D eigenvalue weighted by Gasteiger charge is -2.07. The lowest BCUT2D eigenvalue weighted by Crippen LogP contribution is -2.19. The first-order valence-electron chi connectivity index (χ1n) is 6.50. The fourth-order valence-corrected chi connectivity index (χ4v) is 1.64. The molecule has 0 bridgehead atoms. The molecule has 2 heterocycles. The van der Waals surface area contributed by atoms with Crippen molar-refractivity contribution in [3.05, 3.63) is 36.0 Å². The van der Waals surface area contributed by atoms with Gasteiger partial charge in [0.25, 0.3) is 0 Å². The maximum atomic E-state index is 12.5. The second-order valence-electron chi connectivity index (χ2n) is 5.06. The molecule has 0 unspecified atom stereocenters. The molecular weight excluding hydrogens is 283 g/mol. The van der Waals surface area contributed by atoms with E-state index in [-0.39, 0.29) is 5.82 Å². The number of hydrogen-bond acceptors (Lipinski definition) is 4. The molecule has 2 aromatic heterocycles. The minimum absolute atomic E-state index is 0.248.